The molecule has 2 aromatic rings. The Morgan fingerprint density at radius 2 is 1.96 bits per heavy atom. The molecule has 0 aromatic carbocycles. The van der Waals surface area contributed by atoms with E-state index in [1.807, 2.05) is 0 Å². The van der Waals surface area contributed by atoms with E-state index in [0.717, 1.165) is 6.20 Å². The molecule has 0 saturated carbocycles. The second kappa shape index (κ2) is 7.54. The molecule has 0 spiro atoms. The fourth-order valence-corrected chi connectivity index (χ4v) is 2.26. The van der Waals surface area contributed by atoms with Crippen LogP contribution in [0.5, 0.6) is 0 Å². The van der Waals surface area contributed by atoms with Gasteiger partial charge in [-0.2, -0.15) is 13.2 Å². The average Bonchev–Trinajstić information content (AvgIpc) is 2.98. The first-order valence-electron chi connectivity index (χ1n) is 7.79. The summed E-state index contributed by atoms with van der Waals surface area (Å²) in [6.45, 7) is 6.18. The van der Waals surface area contributed by atoms with Crippen molar-refractivity contribution in [2.24, 2.45) is 0 Å². The van der Waals surface area contributed by atoms with Gasteiger partial charge in [-0.05, 0) is 32.9 Å². The summed E-state index contributed by atoms with van der Waals surface area (Å²) in [6, 6.07) is 3.34. The second-order valence-corrected chi connectivity index (χ2v) is 5.30. The molecule has 2 rings (SSSR count). The van der Waals surface area contributed by atoms with Gasteiger partial charge in [0.1, 0.15) is 11.5 Å². The third kappa shape index (κ3) is 4.49. The lowest BCUT2D eigenvalue weighted by molar-refractivity contribution is -0.141. The molecule has 0 aliphatic heterocycles. The summed E-state index contributed by atoms with van der Waals surface area (Å²) in [4.78, 5) is 21.2. The molecule has 0 aliphatic rings. The number of rotatable bonds is 6. The van der Waals surface area contributed by atoms with Gasteiger partial charge in [0.15, 0.2) is 5.69 Å². The van der Waals surface area contributed by atoms with Gasteiger partial charge in [0.25, 0.3) is 5.91 Å². The summed E-state index contributed by atoms with van der Waals surface area (Å²) in [6.07, 6.45) is -3.86. The Morgan fingerprint density at radius 3 is 2.48 bits per heavy atom. The normalized spacial score (nSPS) is 11.4. The van der Waals surface area contributed by atoms with Crippen molar-refractivity contribution in [3.63, 3.8) is 0 Å². The Kier molecular flexibility index (Phi) is 5.66. The van der Waals surface area contributed by atoms with Crippen LogP contribution < -0.4 is 10.2 Å². The zero-order valence-corrected chi connectivity index (χ0v) is 14.1. The summed E-state index contributed by atoms with van der Waals surface area (Å²) < 4.78 is 45.2. The maximum atomic E-state index is 13.3. The summed E-state index contributed by atoms with van der Waals surface area (Å²) in [5, 5.41) is 2.39. The van der Waals surface area contributed by atoms with Gasteiger partial charge in [-0.1, -0.05) is 0 Å². The highest BCUT2D eigenvalue weighted by Gasteiger charge is 2.38. The number of hydrogen-bond acceptors (Lipinski definition) is 5. The van der Waals surface area contributed by atoms with Gasteiger partial charge in [0.05, 0.1) is 12.1 Å². The number of furan rings is 1. The average molecular weight is 356 g/mol. The number of amides is 1. The van der Waals surface area contributed by atoms with Crippen LogP contribution >= 0.6 is 0 Å². The number of aromatic nitrogens is 2. The number of hydrogen-bond donors (Lipinski definition) is 1. The molecule has 0 atom stereocenters. The minimum absolute atomic E-state index is 0.0260. The monoisotopic (exact) mass is 356 g/mol. The van der Waals surface area contributed by atoms with Crippen LogP contribution in [0, 0.1) is 6.92 Å². The SMILES string of the molecule is CCN(CC)c1ncc(C(=O)NCc2ccc(C)o2)c(C(F)(F)F)n1. The summed E-state index contributed by atoms with van der Waals surface area (Å²) in [5.41, 5.74) is -1.87. The van der Waals surface area contributed by atoms with Gasteiger partial charge in [-0.3, -0.25) is 4.79 Å². The molecule has 0 radical (unpaired) electrons. The second-order valence-electron chi connectivity index (χ2n) is 5.30. The lowest BCUT2D eigenvalue weighted by Gasteiger charge is -2.20. The van der Waals surface area contributed by atoms with E-state index in [-0.39, 0.29) is 12.5 Å². The first-order valence-corrected chi connectivity index (χ1v) is 7.79. The van der Waals surface area contributed by atoms with Crippen LogP contribution in [0.3, 0.4) is 0 Å². The number of aryl methyl sites for hydroxylation is 1. The number of alkyl halides is 3. The van der Waals surface area contributed by atoms with Crippen molar-refractivity contribution in [1.29, 1.82) is 0 Å². The molecule has 0 aliphatic carbocycles. The van der Waals surface area contributed by atoms with Crippen molar-refractivity contribution in [2.45, 2.75) is 33.5 Å². The Morgan fingerprint density at radius 1 is 1.28 bits per heavy atom. The van der Waals surface area contributed by atoms with Crippen molar-refractivity contribution < 1.29 is 22.4 Å². The fraction of sp³-hybridized carbons (Fsp3) is 0.438. The molecule has 1 amide bonds. The lowest BCUT2D eigenvalue weighted by atomic mass is 10.2. The van der Waals surface area contributed by atoms with Crippen molar-refractivity contribution in [3.05, 3.63) is 41.1 Å². The van der Waals surface area contributed by atoms with Crippen molar-refractivity contribution in [3.8, 4) is 0 Å². The first kappa shape index (κ1) is 18.8. The minimum Gasteiger partial charge on any atom is -0.465 e. The Labute approximate surface area is 143 Å². The molecule has 25 heavy (non-hydrogen) atoms. The maximum Gasteiger partial charge on any atom is 0.434 e. The van der Waals surface area contributed by atoms with Crippen molar-refractivity contribution in [2.75, 3.05) is 18.0 Å². The molecular weight excluding hydrogens is 337 g/mol. The van der Waals surface area contributed by atoms with Gasteiger partial charge < -0.3 is 14.6 Å². The van der Waals surface area contributed by atoms with Crippen molar-refractivity contribution in [1.82, 2.24) is 15.3 Å². The predicted molar refractivity (Wildman–Crippen MR) is 85.2 cm³/mol. The number of nitrogens with one attached hydrogen (secondary N) is 1. The van der Waals surface area contributed by atoms with Gasteiger partial charge in [-0.15, -0.1) is 0 Å². The van der Waals surface area contributed by atoms with E-state index in [9.17, 15) is 18.0 Å². The Hall–Kier alpha value is -2.58. The van der Waals surface area contributed by atoms with Crippen LogP contribution in [0.2, 0.25) is 0 Å². The van der Waals surface area contributed by atoms with Crippen molar-refractivity contribution >= 4 is 11.9 Å². The summed E-state index contributed by atoms with van der Waals surface area (Å²) in [5.74, 6) is 0.121. The van der Waals surface area contributed by atoms with Gasteiger partial charge in [-0.25, -0.2) is 9.97 Å². The molecule has 2 heterocycles. The van der Waals surface area contributed by atoms with Gasteiger partial charge >= 0.3 is 6.18 Å². The number of anilines is 1. The van der Waals surface area contributed by atoms with Crippen LogP contribution in [-0.2, 0) is 12.7 Å². The van der Waals surface area contributed by atoms with E-state index in [2.05, 4.69) is 15.3 Å². The predicted octanol–water partition coefficient (Wildman–Crippen LogP) is 3.17. The minimum atomic E-state index is -4.77. The third-order valence-electron chi connectivity index (χ3n) is 3.55. The lowest BCUT2D eigenvalue weighted by Crippen LogP contribution is -2.29. The smallest absolute Gasteiger partial charge is 0.434 e. The molecule has 0 unspecified atom stereocenters. The summed E-state index contributed by atoms with van der Waals surface area (Å²) >= 11 is 0. The number of carbonyl (C=O) groups excluding carboxylic acids is 1. The first-order chi connectivity index (χ1) is 11.8. The Bertz CT molecular complexity index is 739. The quantitative estimate of drug-likeness (QED) is 0.861. The number of nitrogens with zero attached hydrogens (tertiary/aromatic N) is 3. The number of carbonyl (C=O) groups is 1. The van der Waals surface area contributed by atoms with E-state index in [0.29, 0.717) is 24.6 Å². The van der Waals surface area contributed by atoms with E-state index in [1.165, 1.54) is 0 Å². The third-order valence-corrected chi connectivity index (χ3v) is 3.55. The molecule has 0 fully saturated rings. The molecule has 0 bridgehead atoms. The molecule has 6 nitrogen and oxygen atoms in total. The van der Waals surface area contributed by atoms with Gasteiger partial charge in [0, 0.05) is 19.3 Å². The molecule has 1 N–H and O–H groups in total. The van der Waals surface area contributed by atoms with Crippen LogP contribution in [0.25, 0.3) is 0 Å². The van der Waals surface area contributed by atoms with E-state index in [1.54, 1.807) is 37.8 Å². The Balaban J connectivity index is 2.27. The number of halogens is 3. The molecule has 9 heteroatoms. The highest BCUT2D eigenvalue weighted by Crippen LogP contribution is 2.31. The topological polar surface area (TPSA) is 71.3 Å². The highest BCUT2D eigenvalue weighted by molar-refractivity contribution is 5.95. The molecule has 0 saturated heterocycles. The standard InChI is InChI=1S/C16H19F3N4O2/c1-4-23(5-2)15-21-9-12(13(22-15)16(17,18)19)14(24)20-8-11-7-6-10(3)25-11/h6-7,9H,4-5,8H2,1-3H3,(H,20,24). The summed E-state index contributed by atoms with van der Waals surface area (Å²) in [7, 11) is 0. The molecule has 2 aromatic heterocycles. The van der Waals surface area contributed by atoms with Crippen LogP contribution in [0.4, 0.5) is 19.1 Å². The molecule has 136 valence electrons. The zero-order chi connectivity index (χ0) is 18.6. The van der Waals surface area contributed by atoms with Gasteiger partial charge in [0.2, 0.25) is 5.95 Å². The maximum absolute atomic E-state index is 13.3. The van der Waals surface area contributed by atoms with E-state index in [4.69, 9.17) is 4.42 Å². The largest absolute Gasteiger partial charge is 0.465 e. The van der Waals surface area contributed by atoms with Crippen LogP contribution in [0.1, 0.15) is 41.4 Å². The van der Waals surface area contributed by atoms with E-state index < -0.39 is 23.3 Å². The van der Waals surface area contributed by atoms with Crippen LogP contribution in [0.15, 0.2) is 22.7 Å². The fourth-order valence-electron chi connectivity index (χ4n) is 2.26. The van der Waals surface area contributed by atoms with Crippen LogP contribution in [-0.4, -0.2) is 29.0 Å². The molecular formula is C16H19F3N4O2. The highest BCUT2D eigenvalue weighted by atomic mass is 19.4. The zero-order valence-electron chi connectivity index (χ0n) is 14.1. The van der Waals surface area contributed by atoms with E-state index >= 15 is 0 Å².